The second-order valence-corrected chi connectivity index (χ2v) is 12.1. The third-order valence-corrected chi connectivity index (χ3v) is 7.32. The van der Waals surface area contributed by atoms with Gasteiger partial charge in [0.25, 0.3) is 0 Å². The van der Waals surface area contributed by atoms with E-state index in [2.05, 4.69) is 54.4 Å². The molecule has 0 aliphatic rings. The highest BCUT2D eigenvalue weighted by Gasteiger charge is 2.22. The number of nitrogens with zero attached hydrogens (tertiary/aromatic N) is 2. The molecule has 8 heteroatoms. The number of carbonyl (C=O) groups excluding carboxylic acids is 2. The predicted molar refractivity (Wildman–Crippen MR) is 185 cm³/mol. The van der Waals surface area contributed by atoms with Gasteiger partial charge in [-0.1, -0.05) is 55.5 Å². The molecule has 0 fully saturated rings. The number of amides is 2. The zero-order valence-corrected chi connectivity index (χ0v) is 27.9. The number of para-hydroxylation sites is 1. The summed E-state index contributed by atoms with van der Waals surface area (Å²) < 4.78 is 17.2. The van der Waals surface area contributed by atoms with Crippen molar-refractivity contribution in [2.45, 2.75) is 39.7 Å². The maximum atomic E-state index is 12.9. The van der Waals surface area contributed by atoms with E-state index in [-0.39, 0.29) is 25.6 Å². The maximum absolute atomic E-state index is 12.9. The number of nitrogens with one attached hydrogen (secondary N) is 1. The highest BCUT2D eigenvalue weighted by atomic mass is 16.6. The van der Waals surface area contributed by atoms with Crippen molar-refractivity contribution < 1.29 is 23.8 Å². The lowest BCUT2D eigenvalue weighted by atomic mass is 9.90. The number of carbonyl (C=O) groups is 2. The van der Waals surface area contributed by atoms with Crippen LogP contribution in [0.25, 0.3) is 22.0 Å². The molecule has 0 aliphatic carbocycles. The van der Waals surface area contributed by atoms with Crippen LogP contribution in [-0.4, -0.2) is 73.3 Å². The molecule has 0 atom stereocenters. The van der Waals surface area contributed by atoms with Crippen LogP contribution in [0.3, 0.4) is 0 Å². The molecule has 2 amide bonds. The van der Waals surface area contributed by atoms with Crippen molar-refractivity contribution in [3.05, 3.63) is 108 Å². The van der Waals surface area contributed by atoms with Crippen LogP contribution in [0.5, 0.6) is 11.5 Å². The standard InChI is InChI=1S/C38H45N3O5/c1-8-32(28-14-11-15-31(25-28)44-7)36(34-26-29-13-9-10-16-33(29)39-34)27-18-20-30(21-19-27)45-24-23-41(37(43)46-38(2,3)4)22-12-17-35(42)40(5)6/h9-21,25-26,39H,8,22-24H2,1-7H3/b17-12+,36-32+. The minimum atomic E-state index is -0.645. The quantitative estimate of drug-likeness (QED) is 0.129. The Balaban J connectivity index is 1.58. The summed E-state index contributed by atoms with van der Waals surface area (Å²) >= 11 is 0. The highest BCUT2D eigenvalue weighted by molar-refractivity contribution is 6.00. The Morgan fingerprint density at radius 3 is 2.28 bits per heavy atom. The molecule has 4 rings (SSSR count). The minimum Gasteiger partial charge on any atom is -0.497 e. The van der Waals surface area contributed by atoms with Crippen LogP contribution in [0.2, 0.25) is 0 Å². The lowest BCUT2D eigenvalue weighted by Crippen LogP contribution is -2.39. The molecule has 1 aromatic heterocycles. The predicted octanol–water partition coefficient (Wildman–Crippen LogP) is 7.81. The summed E-state index contributed by atoms with van der Waals surface area (Å²) in [5.41, 5.74) is 5.90. The minimum absolute atomic E-state index is 0.154. The summed E-state index contributed by atoms with van der Waals surface area (Å²) in [7, 11) is 5.04. The molecule has 8 nitrogen and oxygen atoms in total. The molecule has 1 N–H and O–H groups in total. The Bertz CT molecular complexity index is 1660. The van der Waals surface area contributed by atoms with E-state index in [0.29, 0.717) is 5.75 Å². The monoisotopic (exact) mass is 623 g/mol. The number of fused-ring (bicyclic) bond motifs is 1. The van der Waals surface area contributed by atoms with Gasteiger partial charge < -0.3 is 29.0 Å². The Morgan fingerprint density at radius 2 is 1.63 bits per heavy atom. The fourth-order valence-electron chi connectivity index (χ4n) is 5.04. The van der Waals surface area contributed by atoms with Crippen molar-refractivity contribution in [1.82, 2.24) is 14.8 Å². The van der Waals surface area contributed by atoms with E-state index in [9.17, 15) is 9.59 Å². The number of hydrogen-bond acceptors (Lipinski definition) is 5. The van der Waals surface area contributed by atoms with Crippen molar-refractivity contribution in [2.75, 3.05) is 40.9 Å². The smallest absolute Gasteiger partial charge is 0.410 e. The maximum Gasteiger partial charge on any atom is 0.410 e. The molecule has 0 saturated heterocycles. The van der Waals surface area contributed by atoms with Crippen LogP contribution in [-0.2, 0) is 9.53 Å². The molecule has 0 saturated carbocycles. The van der Waals surface area contributed by atoms with Crippen LogP contribution < -0.4 is 9.47 Å². The van der Waals surface area contributed by atoms with Gasteiger partial charge in [0.2, 0.25) is 5.91 Å². The first-order valence-electron chi connectivity index (χ1n) is 15.5. The zero-order chi connectivity index (χ0) is 33.3. The molecule has 0 aliphatic heterocycles. The van der Waals surface area contributed by atoms with Crippen molar-refractivity contribution in [2.24, 2.45) is 0 Å². The number of allylic oxidation sites excluding steroid dienone is 1. The van der Waals surface area contributed by atoms with Crippen molar-refractivity contribution in [1.29, 1.82) is 0 Å². The number of likely N-dealkylation sites (N-methyl/N-ethyl adjacent to an activating group) is 1. The fraction of sp³-hybridized carbons (Fsp3) is 0.316. The van der Waals surface area contributed by atoms with E-state index in [1.807, 2.05) is 57.2 Å². The van der Waals surface area contributed by atoms with Crippen LogP contribution >= 0.6 is 0 Å². The molecule has 0 radical (unpaired) electrons. The van der Waals surface area contributed by atoms with Gasteiger partial charge in [-0.2, -0.15) is 0 Å². The SMILES string of the molecule is CC/C(=C(/c1ccc(OCCN(C/C=C/C(=O)N(C)C)C(=O)OC(C)(C)C)cc1)c1cc2ccccc2[nH]1)c1cccc(OC)c1. The number of ether oxygens (including phenoxy) is 3. The van der Waals surface area contributed by atoms with E-state index in [0.717, 1.165) is 45.5 Å². The van der Waals surface area contributed by atoms with Crippen LogP contribution in [0.15, 0.2) is 91.0 Å². The number of aromatic amines is 1. The largest absolute Gasteiger partial charge is 0.497 e. The van der Waals surface area contributed by atoms with Gasteiger partial charge in [-0.05, 0) is 80.3 Å². The molecule has 242 valence electrons. The average molecular weight is 624 g/mol. The number of aromatic nitrogens is 1. The lowest BCUT2D eigenvalue weighted by Gasteiger charge is -2.26. The third-order valence-electron chi connectivity index (χ3n) is 7.32. The Hall–Kier alpha value is -4.98. The average Bonchev–Trinajstić information content (AvgIpc) is 3.46. The molecule has 1 heterocycles. The summed E-state index contributed by atoms with van der Waals surface area (Å²) in [6.45, 7) is 8.39. The summed E-state index contributed by atoms with van der Waals surface area (Å²) in [6, 6.07) is 26.6. The Labute approximate surface area is 272 Å². The van der Waals surface area contributed by atoms with E-state index in [1.54, 1.807) is 27.3 Å². The molecule has 0 bridgehead atoms. The second-order valence-electron chi connectivity index (χ2n) is 12.1. The topological polar surface area (TPSA) is 84.1 Å². The van der Waals surface area contributed by atoms with Crippen molar-refractivity contribution >= 4 is 34.0 Å². The van der Waals surface area contributed by atoms with Gasteiger partial charge in [0, 0.05) is 48.9 Å². The number of hydrogen-bond donors (Lipinski definition) is 1. The normalized spacial score (nSPS) is 12.2. The van der Waals surface area contributed by atoms with Gasteiger partial charge in [0.15, 0.2) is 0 Å². The summed E-state index contributed by atoms with van der Waals surface area (Å²) in [4.78, 5) is 31.5. The molecular weight excluding hydrogens is 578 g/mol. The number of methoxy groups -OCH3 is 1. The van der Waals surface area contributed by atoms with E-state index < -0.39 is 11.7 Å². The van der Waals surface area contributed by atoms with E-state index in [1.165, 1.54) is 21.4 Å². The van der Waals surface area contributed by atoms with E-state index in [4.69, 9.17) is 14.2 Å². The highest BCUT2D eigenvalue weighted by Crippen LogP contribution is 2.36. The molecule has 0 unspecified atom stereocenters. The van der Waals surface area contributed by atoms with Crippen LogP contribution in [0.1, 0.15) is 50.9 Å². The summed E-state index contributed by atoms with van der Waals surface area (Å²) in [5.74, 6) is 1.34. The summed E-state index contributed by atoms with van der Waals surface area (Å²) in [6.07, 6.45) is 3.45. The Morgan fingerprint density at radius 1 is 0.891 bits per heavy atom. The Kier molecular flexibility index (Phi) is 11.3. The van der Waals surface area contributed by atoms with Gasteiger partial charge in [-0.25, -0.2) is 4.79 Å². The first-order chi connectivity index (χ1) is 22.0. The van der Waals surface area contributed by atoms with Crippen molar-refractivity contribution in [3.8, 4) is 11.5 Å². The molecule has 0 spiro atoms. The van der Waals surface area contributed by atoms with E-state index >= 15 is 0 Å². The lowest BCUT2D eigenvalue weighted by molar-refractivity contribution is -0.123. The first kappa shape index (κ1) is 33.9. The number of H-pyrrole nitrogens is 1. The molecule has 3 aromatic carbocycles. The fourth-order valence-corrected chi connectivity index (χ4v) is 5.04. The summed E-state index contributed by atoms with van der Waals surface area (Å²) in [5, 5.41) is 1.14. The second kappa shape index (κ2) is 15.3. The molecule has 46 heavy (non-hydrogen) atoms. The van der Waals surface area contributed by atoms with Gasteiger partial charge in [0.1, 0.15) is 23.7 Å². The van der Waals surface area contributed by atoms with Gasteiger partial charge in [-0.15, -0.1) is 0 Å². The van der Waals surface area contributed by atoms with Gasteiger partial charge in [-0.3, -0.25) is 4.79 Å². The van der Waals surface area contributed by atoms with Crippen LogP contribution in [0, 0.1) is 0 Å². The number of benzene rings is 3. The number of rotatable bonds is 12. The molecule has 4 aromatic rings. The zero-order valence-electron chi connectivity index (χ0n) is 27.9. The first-order valence-corrected chi connectivity index (χ1v) is 15.5. The molecular formula is C38H45N3O5. The van der Waals surface area contributed by atoms with Crippen LogP contribution in [0.4, 0.5) is 4.79 Å². The third kappa shape index (κ3) is 9.03. The van der Waals surface area contributed by atoms with Gasteiger partial charge >= 0.3 is 6.09 Å². The van der Waals surface area contributed by atoms with Gasteiger partial charge in [0.05, 0.1) is 13.7 Å². The van der Waals surface area contributed by atoms with Crippen molar-refractivity contribution in [3.63, 3.8) is 0 Å².